The second-order valence-electron chi connectivity index (χ2n) is 2.61. The van der Waals surface area contributed by atoms with Crippen LogP contribution in [0.4, 0.5) is 0 Å². The predicted octanol–water partition coefficient (Wildman–Crippen LogP) is -0.885. The molecule has 6 heteroatoms. The van der Waals surface area contributed by atoms with E-state index < -0.39 is 24.0 Å². The van der Waals surface area contributed by atoms with Gasteiger partial charge in [0.2, 0.25) is 5.91 Å². The van der Waals surface area contributed by atoms with Gasteiger partial charge >= 0.3 is 5.97 Å². The average molecular weight is 190 g/mol. The molecule has 0 heterocycles. The quantitative estimate of drug-likeness (QED) is 0.490. The van der Waals surface area contributed by atoms with Crippen LogP contribution in [0, 0.1) is 0 Å². The van der Waals surface area contributed by atoms with E-state index in [0.717, 1.165) is 0 Å². The standard InChI is InChI=1S/C7H14N2O4/c1-4(9-13-3)6(10)8-5(2)7(11)12/h4-5,9H,1-3H3,(H,8,10)(H,11,12)/t4-,5-/m0/s1. The number of aliphatic carboxylic acids is 1. The maximum atomic E-state index is 11.1. The fourth-order valence-corrected chi connectivity index (χ4v) is 0.630. The minimum atomic E-state index is -1.07. The average Bonchev–Trinajstić information content (AvgIpc) is 2.04. The minimum absolute atomic E-state index is 0.420. The van der Waals surface area contributed by atoms with Gasteiger partial charge in [-0.3, -0.25) is 9.59 Å². The molecule has 0 bridgehead atoms. The van der Waals surface area contributed by atoms with Gasteiger partial charge < -0.3 is 15.3 Å². The zero-order valence-electron chi connectivity index (χ0n) is 7.83. The number of rotatable bonds is 5. The molecule has 0 unspecified atom stereocenters. The summed E-state index contributed by atoms with van der Waals surface area (Å²) in [5.74, 6) is -1.49. The van der Waals surface area contributed by atoms with E-state index in [-0.39, 0.29) is 0 Å². The Labute approximate surface area is 76.2 Å². The molecule has 3 N–H and O–H groups in total. The number of hydrogen-bond acceptors (Lipinski definition) is 4. The lowest BCUT2D eigenvalue weighted by Gasteiger charge is -2.14. The van der Waals surface area contributed by atoms with Gasteiger partial charge in [-0.05, 0) is 13.8 Å². The lowest BCUT2D eigenvalue weighted by molar-refractivity contribution is -0.142. The summed E-state index contributed by atoms with van der Waals surface area (Å²) >= 11 is 0. The number of hydrogen-bond donors (Lipinski definition) is 3. The van der Waals surface area contributed by atoms with E-state index in [9.17, 15) is 9.59 Å². The summed E-state index contributed by atoms with van der Waals surface area (Å²) in [7, 11) is 1.38. The van der Waals surface area contributed by atoms with Gasteiger partial charge in [0.15, 0.2) is 0 Å². The molecule has 0 saturated carbocycles. The van der Waals surface area contributed by atoms with Crippen molar-refractivity contribution in [2.24, 2.45) is 0 Å². The van der Waals surface area contributed by atoms with Crippen molar-refractivity contribution in [1.82, 2.24) is 10.8 Å². The molecule has 76 valence electrons. The van der Waals surface area contributed by atoms with Crippen LogP contribution in [-0.2, 0) is 14.4 Å². The molecule has 13 heavy (non-hydrogen) atoms. The van der Waals surface area contributed by atoms with Gasteiger partial charge in [0.1, 0.15) is 12.1 Å². The third kappa shape index (κ3) is 4.44. The molecule has 0 saturated heterocycles. The van der Waals surface area contributed by atoms with E-state index in [4.69, 9.17) is 5.11 Å². The fourth-order valence-electron chi connectivity index (χ4n) is 0.630. The first kappa shape index (κ1) is 11.9. The highest BCUT2D eigenvalue weighted by molar-refractivity contribution is 5.86. The number of carboxylic acid groups (broad SMARTS) is 1. The molecule has 0 aromatic rings. The maximum Gasteiger partial charge on any atom is 0.325 e. The van der Waals surface area contributed by atoms with Crippen LogP contribution in [0.25, 0.3) is 0 Å². The molecule has 1 amide bonds. The predicted molar refractivity (Wildman–Crippen MR) is 44.8 cm³/mol. The van der Waals surface area contributed by atoms with Crippen molar-refractivity contribution in [3.8, 4) is 0 Å². The Morgan fingerprint density at radius 3 is 2.23 bits per heavy atom. The first-order valence-electron chi connectivity index (χ1n) is 3.80. The molecule has 0 radical (unpaired) electrons. The number of carbonyl (C=O) groups excluding carboxylic acids is 1. The Bertz CT molecular complexity index is 195. The van der Waals surface area contributed by atoms with Gasteiger partial charge in [0.05, 0.1) is 7.11 Å². The summed E-state index contributed by atoms with van der Waals surface area (Å²) in [4.78, 5) is 26.0. The second kappa shape index (κ2) is 5.50. The van der Waals surface area contributed by atoms with Crippen molar-refractivity contribution >= 4 is 11.9 Å². The zero-order valence-corrected chi connectivity index (χ0v) is 7.83. The first-order valence-corrected chi connectivity index (χ1v) is 3.80. The van der Waals surface area contributed by atoms with Crippen molar-refractivity contribution in [3.05, 3.63) is 0 Å². The van der Waals surface area contributed by atoms with Crippen molar-refractivity contribution in [3.63, 3.8) is 0 Å². The number of hydroxylamine groups is 1. The number of nitrogens with one attached hydrogen (secondary N) is 2. The van der Waals surface area contributed by atoms with Crippen LogP contribution in [0.5, 0.6) is 0 Å². The minimum Gasteiger partial charge on any atom is -0.480 e. The summed E-state index contributed by atoms with van der Waals surface area (Å²) in [6.45, 7) is 2.95. The summed E-state index contributed by atoms with van der Waals surface area (Å²) in [6, 6.07) is -1.47. The molecule has 0 aliphatic heterocycles. The topological polar surface area (TPSA) is 87.7 Å². The highest BCUT2D eigenvalue weighted by atomic mass is 16.6. The van der Waals surface area contributed by atoms with Crippen LogP contribution in [0.2, 0.25) is 0 Å². The molecule has 0 aromatic carbocycles. The Balaban J connectivity index is 3.92. The van der Waals surface area contributed by atoms with E-state index in [1.807, 2.05) is 0 Å². The highest BCUT2D eigenvalue weighted by Gasteiger charge is 2.18. The molecule has 2 atom stereocenters. The van der Waals surface area contributed by atoms with Crippen LogP contribution < -0.4 is 10.8 Å². The molecule has 0 aliphatic carbocycles. The van der Waals surface area contributed by atoms with Gasteiger partial charge in [0.25, 0.3) is 0 Å². The molecule has 6 nitrogen and oxygen atoms in total. The van der Waals surface area contributed by atoms with Crippen molar-refractivity contribution in [2.45, 2.75) is 25.9 Å². The Kier molecular flexibility index (Phi) is 5.01. The Morgan fingerprint density at radius 1 is 1.31 bits per heavy atom. The monoisotopic (exact) mass is 190 g/mol. The van der Waals surface area contributed by atoms with Crippen LogP contribution in [-0.4, -0.2) is 36.2 Å². The van der Waals surface area contributed by atoms with Gasteiger partial charge in [-0.15, -0.1) is 0 Å². The molecule has 0 spiro atoms. The fraction of sp³-hybridized carbons (Fsp3) is 0.714. The lowest BCUT2D eigenvalue weighted by atomic mass is 10.3. The number of amides is 1. The summed E-state index contributed by atoms with van der Waals surface area (Å²) in [5.41, 5.74) is 2.38. The van der Waals surface area contributed by atoms with E-state index >= 15 is 0 Å². The van der Waals surface area contributed by atoms with Gasteiger partial charge in [0, 0.05) is 0 Å². The zero-order chi connectivity index (χ0) is 10.4. The van der Waals surface area contributed by atoms with Crippen LogP contribution in [0.1, 0.15) is 13.8 Å². The van der Waals surface area contributed by atoms with Gasteiger partial charge in [-0.2, -0.15) is 5.48 Å². The lowest BCUT2D eigenvalue weighted by Crippen LogP contribution is -2.47. The smallest absolute Gasteiger partial charge is 0.325 e. The van der Waals surface area contributed by atoms with E-state index in [2.05, 4.69) is 15.6 Å². The van der Waals surface area contributed by atoms with E-state index in [1.165, 1.54) is 14.0 Å². The molecular formula is C7H14N2O4. The number of carboxylic acids is 1. The number of carbonyl (C=O) groups is 2. The largest absolute Gasteiger partial charge is 0.480 e. The van der Waals surface area contributed by atoms with Gasteiger partial charge in [-0.25, -0.2) is 0 Å². The molecule has 0 fully saturated rings. The first-order chi connectivity index (χ1) is 5.99. The summed E-state index contributed by atoms with van der Waals surface area (Å²) in [5, 5.41) is 10.8. The third-order valence-electron chi connectivity index (χ3n) is 1.42. The normalized spacial score (nSPS) is 14.7. The Morgan fingerprint density at radius 2 is 1.85 bits per heavy atom. The maximum absolute atomic E-state index is 11.1. The highest BCUT2D eigenvalue weighted by Crippen LogP contribution is 1.86. The van der Waals surface area contributed by atoms with Crippen molar-refractivity contribution in [2.75, 3.05) is 7.11 Å². The van der Waals surface area contributed by atoms with E-state index in [0.29, 0.717) is 0 Å². The van der Waals surface area contributed by atoms with Crippen LogP contribution >= 0.6 is 0 Å². The third-order valence-corrected chi connectivity index (χ3v) is 1.42. The Hall–Kier alpha value is -1.14. The van der Waals surface area contributed by atoms with Crippen molar-refractivity contribution in [1.29, 1.82) is 0 Å². The molecular weight excluding hydrogens is 176 g/mol. The molecule has 0 rings (SSSR count). The molecule has 0 aromatic heterocycles. The SMILES string of the molecule is CON[C@@H](C)C(=O)N[C@@H](C)C(=O)O. The molecule has 0 aliphatic rings. The summed E-state index contributed by atoms with van der Waals surface area (Å²) in [6.07, 6.45) is 0. The van der Waals surface area contributed by atoms with Gasteiger partial charge in [-0.1, -0.05) is 0 Å². The van der Waals surface area contributed by atoms with Crippen LogP contribution in [0.15, 0.2) is 0 Å². The summed E-state index contributed by atoms with van der Waals surface area (Å²) < 4.78 is 0. The van der Waals surface area contributed by atoms with E-state index in [1.54, 1.807) is 6.92 Å². The van der Waals surface area contributed by atoms with Crippen molar-refractivity contribution < 1.29 is 19.5 Å². The second-order valence-corrected chi connectivity index (χ2v) is 2.61. The van der Waals surface area contributed by atoms with Crippen LogP contribution in [0.3, 0.4) is 0 Å².